The lowest BCUT2D eigenvalue weighted by atomic mass is 10.1. The van der Waals surface area contributed by atoms with E-state index >= 15 is 0 Å². The van der Waals surface area contributed by atoms with Gasteiger partial charge in [0.1, 0.15) is 12.2 Å². The second kappa shape index (κ2) is 5.92. The molecule has 0 aliphatic heterocycles. The van der Waals surface area contributed by atoms with Crippen LogP contribution in [0.2, 0.25) is 0 Å². The number of carbonyl (C=O) groups is 1. The van der Waals surface area contributed by atoms with Crippen molar-refractivity contribution >= 4 is 5.97 Å². The van der Waals surface area contributed by atoms with Crippen LogP contribution in [0.4, 0.5) is 4.39 Å². The van der Waals surface area contributed by atoms with Crippen molar-refractivity contribution in [2.75, 3.05) is 6.61 Å². The molecule has 0 saturated carbocycles. The summed E-state index contributed by atoms with van der Waals surface area (Å²) in [4.78, 5) is 11.0. The van der Waals surface area contributed by atoms with E-state index in [1.165, 1.54) is 6.07 Å². The summed E-state index contributed by atoms with van der Waals surface area (Å²) >= 11 is 0. The minimum absolute atomic E-state index is 0.0127. The molecule has 0 spiro atoms. The molecule has 2 nitrogen and oxygen atoms in total. The van der Waals surface area contributed by atoms with Crippen LogP contribution in [-0.2, 0) is 9.53 Å². The molecule has 1 aromatic carbocycles. The van der Waals surface area contributed by atoms with Gasteiger partial charge in [-0.25, -0.2) is 4.39 Å². The third-order valence-electron chi connectivity index (χ3n) is 1.88. The molecule has 0 N–H and O–H groups in total. The number of carbonyl (C=O) groups excluding carboxylic acids is 1. The van der Waals surface area contributed by atoms with Gasteiger partial charge in [-0.15, -0.1) is 0 Å². The molecule has 0 saturated heterocycles. The molecular formula is C13H13FO2. The first-order valence-corrected chi connectivity index (χ1v) is 5.04. The Labute approximate surface area is 94.4 Å². The van der Waals surface area contributed by atoms with E-state index in [1.807, 2.05) is 6.92 Å². The van der Waals surface area contributed by atoms with Crippen LogP contribution >= 0.6 is 0 Å². The van der Waals surface area contributed by atoms with Crippen molar-refractivity contribution in [1.29, 1.82) is 0 Å². The molecule has 0 atom stereocenters. The summed E-state index contributed by atoms with van der Waals surface area (Å²) in [6.45, 7) is 3.92. The summed E-state index contributed by atoms with van der Waals surface area (Å²) < 4.78 is 17.9. The number of rotatable bonds is 2. The van der Waals surface area contributed by atoms with Gasteiger partial charge in [0.15, 0.2) is 0 Å². The molecule has 0 aromatic heterocycles. The van der Waals surface area contributed by atoms with Crippen molar-refractivity contribution in [3.05, 3.63) is 35.1 Å². The number of halogens is 1. The first-order chi connectivity index (χ1) is 7.63. The zero-order valence-corrected chi connectivity index (χ0v) is 9.34. The fourth-order valence-electron chi connectivity index (χ4n) is 1.16. The van der Waals surface area contributed by atoms with Crippen LogP contribution < -0.4 is 0 Å². The first kappa shape index (κ1) is 12.3. The van der Waals surface area contributed by atoms with Crippen LogP contribution in [0.15, 0.2) is 18.2 Å². The lowest BCUT2D eigenvalue weighted by molar-refractivity contribution is -0.141. The Balaban J connectivity index is 2.69. The molecule has 0 aliphatic rings. The van der Waals surface area contributed by atoms with Gasteiger partial charge >= 0.3 is 5.97 Å². The predicted molar refractivity (Wildman–Crippen MR) is 59.3 cm³/mol. The Bertz CT molecular complexity index is 441. The van der Waals surface area contributed by atoms with Gasteiger partial charge in [-0.2, -0.15) is 0 Å². The Morgan fingerprint density at radius 1 is 1.50 bits per heavy atom. The fraction of sp³-hybridized carbons (Fsp3) is 0.308. The molecule has 0 radical (unpaired) electrons. The summed E-state index contributed by atoms with van der Waals surface area (Å²) in [5, 5.41) is 0. The van der Waals surface area contributed by atoms with Gasteiger partial charge in [0, 0.05) is 0 Å². The highest BCUT2D eigenvalue weighted by atomic mass is 19.1. The Hall–Kier alpha value is -1.82. The van der Waals surface area contributed by atoms with Crippen molar-refractivity contribution in [2.24, 2.45) is 0 Å². The summed E-state index contributed by atoms with van der Waals surface area (Å²) in [5.41, 5.74) is 1.24. The molecule has 1 aromatic rings. The molecular weight excluding hydrogens is 207 g/mol. The number of hydrogen-bond donors (Lipinski definition) is 0. The van der Waals surface area contributed by atoms with Crippen LogP contribution in [-0.4, -0.2) is 12.6 Å². The van der Waals surface area contributed by atoms with Crippen molar-refractivity contribution in [3.8, 4) is 11.8 Å². The Morgan fingerprint density at radius 2 is 2.25 bits per heavy atom. The van der Waals surface area contributed by atoms with Gasteiger partial charge in [-0.1, -0.05) is 17.9 Å². The van der Waals surface area contributed by atoms with Gasteiger partial charge < -0.3 is 4.74 Å². The van der Waals surface area contributed by atoms with Crippen molar-refractivity contribution in [2.45, 2.75) is 20.3 Å². The van der Waals surface area contributed by atoms with Crippen molar-refractivity contribution in [1.82, 2.24) is 0 Å². The molecule has 3 heteroatoms. The highest BCUT2D eigenvalue weighted by Crippen LogP contribution is 2.08. The third-order valence-corrected chi connectivity index (χ3v) is 1.88. The average Bonchev–Trinajstić information content (AvgIpc) is 2.23. The molecule has 0 bridgehead atoms. The Kier molecular flexibility index (Phi) is 4.53. The second-order valence-electron chi connectivity index (χ2n) is 3.27. The minimum atomic E-state index is -0.386. The number of ether oxygens (including phenoxy) is 1. The molecule has 84 valence electrons. The zero-order valence-electron chi connectivity index (χ0n) is 9.34. The summed E-state index contributed by atoms with van der Waals surface area (Å²) in [6, 6.07) is 4.68. The number of esters is 1. The highest BCUT2D eigenvalue weighted by Gasteiger charge is 1.99. The number of benzene rings is 1. The number of hydrogen-bond acceptors (Lipinski definition) is 2. The van der Waals surface area contributed by atoms with E-state index in [9.17, 15) is 9.18 Å². The van der Waals surface area contributed by atoms with E-state index in [-0.39, 0.29) is 18.2 Å². The molecule has 0 aliphatic carbocycles. The topological polar surface area (TPSA) is 26.3 Å². The third kappa shape index (κ3) is 3.74. The van der Waals surface area contributed by atoms with Gasteiger partial charge in [0.2, 0.25) is 0 Å². The predicted octanol–water partition coefficient (Wildman–Crippen LogP) is 2.44. The van der Waals surface area contributed by atoms with Crippen molar-refractivity contribution in [3.63, 3.8) is 0 Å². The molecule has 1 rings (SSSR count). The van der Waals surface area contributed by atoms with E-state index in [2.05, 4.69) is 11.8 Å². The van der Waals surface area contributed by atoms with Crippen molar-refractivity contribution < 1.29 is 13.9 Å². The van der Waals surface area contributed by atoms with Crippen LogP contribution in [0.1, 0.15) is 24.5 Å². The monoisotopic (exact) mass is 220 g/mol. The van der Waals surface area contributed by atoms with Crippen LogP contribution in [0.25, 0.3) is 0 Å². The van der Waals surface area contributed by atoms with E-state index in [4.69, 9.17) is 4.74 Å². The SMILES string of the molecule is CCOC(=O)CC#Cc1cc(C)ccc1F. The summed E-state index contributed by atoms with van der Waals surface area (Å²) in [7, 11) is 0. The second-order valence-corrected chi connectivity index (χ2v) is 3.27. The fourth-order valence-corrected chi connectivity index (χ4v) is 1.16. The first-order valence-electron chi connectivity index (χ1n) is 5.04. The maximum absolute atomic E-state index is 13.2. The van der Waals surface area contributed by atoms with Gasteiger partial charge in [-0.3, -0.25) is 4.79 Å². The summed E-state index contributed by atoms with van der Waals surface area (Å²) in [5.74, 6) is 4.45. The maximum Gasteiger partial charge on any atom is 0.317 e. The van der Waals surface area contributed by atoms with Gasteiger partial charge in [0.05, 0.1) is 12.2 Å². The van der Waals surface area contributed by atoms with Gasteiger partial charge in [0.25, 0.3) is 0 Å². The Morgan fingerprint density at radius 3 is 2.94 bits per heavy atom. The molecule has 16 heavy (non-hydrogen) atoms. The zero-order chi connectivity index (χ0) is 12.0. The standard InChI is InChI=1S/C13H13FO2/c1-3-16-13(15)6-4-5-11-9-10(2)7-8-12(11)14/h7-9H,3,6H2,1-2H3. The van der Waals surface area contributed by atoms with E-state index < -0.39 is 0 Å². The summed E-state index contributed by atoms with van der Waals surface area (Å²) in [6.07, 6.45) is -0.0127. The number of aryl methyl sites for hydroxylation is 1. The van der Waals surface area contributed by atoms with E-state index in [0.717, 1.165) is 5.56 Å². The highest BCUT2D eigenvalue weighted by molar-refractivity contribution is 5.72. The lowest BCUT2D eigenvalue weighted by Gasteiger charge is -1.96. The smallest absolute Gasteiger partial charge is 0.317 e. The molecule has 0 amide bonds. The molecule has 0 heterocycles. The van der Waals surface area contributed by atoms with E-state index in [0.29, 0.717) is 12.2 Å². The lowest BCUT2D eigenvalue weighted by Crippen LogP contribution is -2.01. The van der Waals surface area contributed by atoms with Crippen LogP contribution in [0, 0.1) is 24.6 Å². The minimum Gasteiger partial charge on any atom is -0.465 e. The van der Waals surface area contributed by atoms with Gasteiger partial charge in [-0.05, 0) is 31.5 Å². The average molecular weight is 220 g/mol. The molecule has 0 unspecified atom stereocenters. The maximum atomic E-state index is 13.2. The van der Waals surface area contributed by atoms with Crippen LogP contribution in [0.3, 0.4) is 0 Å². The molecule has 0 fully saturated rings. The largest absolute Gasteiger partial charge is 0.465 e. The normalized spacial score (nSPS) is 9.19. The van der Waals surface area contributed by atoms with Crippen LogP contribution in [0.5, 0.6) is 0 Å². The quantitative estimate of drug-likeness (QED) is 0.565. The van der Waals surface area contributed by atoms with E-state index in [1.54, 1.807) is 19.1 Å².